The van der Waals surface area contributed by atoms with Gasteiger partial charge in [0, 0.05) is 0 Å². The second kappa shape index (κ2) is 5.92. The maximum atomic E-state index is 13.0. The molecule has 0 aliphatic carbocycles. The molecule has 0 fully saturated rings. The number of benzene rings is 1. The van der Waals surface area contributed by atoms with E-state index in [9.17, 15) is 4.39 Å². The lowest BCUT2D eigenvalue weighted by Crippen LogP contribution is -1.90. The predicted octanol–water partition coefficient (Wildman–Crippen LogP) is 3.64. The van der Waals surface area contributed by atoms with Crippen molar-refractivity contribution in [2.24, 2.45) is 0 Å². The quantitative estimate of drug-likeness (QED) is 0.669. The third kappa shape index (κ3) is 2.96. The number of aryl methyl sites for hydroxylation is 1. The molecule has 0 aliphatic rings. The Balaban J connectivity index is 0.000000671. The highest BCUT2D eigenvalue weighted by Crippen LogP contribution is 2.18. The molecule has 0 bridgehead atoms. The van der Waals surface area contributed by atoms with Crippen molar-refractivity contribution < 1.29 is 4.39 Å². The van der Waals surface area contributed by atoms with Crippen LogP contribution in [0.5, 0.6) is 0 Å². The number of nitrogens with zero attached hydrogens (tertiary/aromatic N) is 1. The van der Waals surface area contributed by atoms with Crippen LogP contribution >= 0.6 is 22.6 Å². The first kappa shape index (κ1) is 12.4. The van der Waals surface area contributed by atoms with E-state index in [0.717, 1.165) is 5.56 Å². The van der Waals surface area contributed by atoms with Gasteiger partial charge in [0.25, 0.3) is 0 Å². The Bertz CT molecular complexity index is 328. The summed E-state index contributed by atoms with van der Waals surface area (Å²) in [4.78, 5) is 0. The molecule has 70 valence electrons. The van der Waals surface area contributed by atoms with Crippen LogP contribution in [0, 0.1) is 27.6 Å². The highest BCUT2D eigenvalue weighted by Gasteiger charge is 2.06. The van der Waals surface area contributed by atoms with Crippen molar-refractivity contribution in [2.45, 2.75) is 20.8 Å². The van der Waals surface area contributed by atoms with Gasteiger partial charge in [-0.3, -0.25) is 0 Å². The summed E-state index contributed by atoms with van der Waals surface area (Å²) in [5.74, 6) is -0.409. The van der Waals surface area contributed by atoms with Gasteiger partial charge in [-0.2, -0.15) is 5.26 Å². The van der Waals surface area contributed by atoms with Gasteiger partial charge in [-0.05, 0) is 41.1 Å². The molecule has 0 saturated carbocycles. The minimum atomic E-state index is -0.409. The number of hydrogen-bond acceptors (Lipinski definition) is 1. The van der Waals surface area contributed by atoms with Crippen LogP contribution in [0.4, 0.5) is 4.39 Å². The first-order chi connectivity index (χ1) is 6.16. The first-order valence-electron chi connectivity index (χ1n) is 4.01. The summed E-state index contributed by atoms with van der Waals surface area (Å²) in [6.45, 7) is 5.81. The van der Waals surface area contributed by atoms with E-state index in [0.29, 0.717) is 3.57 Å². The van der Waals surface area contributed by atoms with Gasteiger partial charge >= 0.3 is 0 Å². The van der Waals surface area contributed by atoms with Crippen molar-refractivity contribution in [1.82, 2.24) is 0 Å². The largest absolute Gasteiger partial charge is 0.204 e. The smallest absolute Gasteiger partial charge is 0.154 e. The normalized spacial score (nSPS) is 8.31. The molecule has 0 heterocycles. The molecule has 0 amide bonds. The molecule has 0 aliphatic heterocycles. The van der Waals surface area contributed by atoms with Crippen LogP contribution < -0.4 is 0 Å². The molecule has 1 aromatic carbocycles. The highest BCUT2D eigenvalue weighted by molar-refractivity contribution is 14.1. The number of halogens is 2. The molecule has 0 saturated heterocycles. The van der Waals surface area contributed by atoms with E-state index in [1.165, 1.54) is 6.07 Å². The van der Waals surface area contributed by atoms with Gasteiger partial charge in [-0.25, -0.2) is 4.39 Å². The van der Waals surface area contributed by atoms with Crippen LogP contribution in [0.25, 0.3) is 0 Å². The van der Waals surface area contributed by atoms with E-state index in [-0.39, 0.29) is 5.56 Å². The molecule has 13 heavy (non-hydrogen) atoms. The summed E-state index contributed by atoms with van der Waals surface area (Å²) in [5, 5.41) is 8.44. The fourth-order valence-corrected chi connectivity index (χ4v) is 1.20. The van der Waals surface area contributed by atoms with Crippen LogP contribution in [0.15, 0.2) is 12.1 Å². The van der Waals surface area contributed by atoms with Crippen LogP contribution in [-0.4, -0.2) is 0 Å². The summed E-state index contributed by atoms with van der Waals surface area (Å²) in [7, 11) is 0. The summed E-state index contributed by atoms with van der Waals surface area (Å²) < 4.78 is 13.6. The zero-order valence-electron chi connectivity index (χ0n) is 7.86. The van der Waals surface area contributed by atoms with Gasteiger partial charge < -0.3 is 0 Å². The van der Waals surface area contributed by atoms with Gasteiger partial charge in [0.1, 0.15) is 6.07 Å². The second-order valence-corrected chi connectivity index (χ2v) is 3.25. The van der Waals surface area contributed by atoms with Crippen LogP contribution in [-0.2, 0) is 0 Å². The second-order valence-electron chi connectivity index (χ2n) is 2.17. The molecular weight excluding hydrogens is 280 g/mol. The van der Waals surface area contributed by atoms with E-state index in [4.69, 9.17) is 5.26 Å². The molecule has 0 N–H and O–H groups in total. The molecule has 0 aromatic heterocycles. The molecule has 1 nitrogen and oxygen atoms in total. The number of rotatable bonds is 0. The third-order valence-electron chi connectivity index (χ3n) is 1.40. The average Bonchev–Trinajstić information content (AvgIpc) is 2.18. The summed E-state index contributed by atoms with van der Waals surface area (Å²) in [6.07, 6.45) is 0. The van der Waals surface area contributed by atoms with Gasteiger partial charge in [0.2, 0.25) is 0 Å². The Labute approximate surface area is 91.7 Å². The van der Waals surface area contributed by atoms with E-state index in [1.54, 1.807) is 12.1 Å². The lowest BCUT2D eigenvalue weighted by atomic mass is 10.1. The Morgan fingerprint density at radius 1 is 1.38 bits per heavy atom. The molecule has 0 atom stereocenters. The summed E-state index contributed by atoms with van der Waals surface area (Å²) in [6, 6.07) is 5.02. The fourth-order valence-electron chi connectivity index (χ4n) is 0.732. The Morgan fingerprint density at radius 2 is 1.92 bits per heavy atom. The van der Waals surface area contributed by atoms with Crippen molar-refractivity contribution in [3.63, 3.8) is 0 Å². The minimum Gasteiger partial charge on any atom is -0.204 e. The lowest BCUT2D eigenvalue weighted by molar-refractivity contribution is 0.615. The van der Waals surface area contributed by atoms with Gasteiger partial charge in [0.05, 0.1) is 9.13 Å². The maximum Gasteiger partial charge on any atom is 0.154 e. The average molecular weight is 291 g/mol. The SMILES string of the molecule is CC.Cc1ccc(C#N)c(F)c1I. The van der Waals surface area contributed by atoms with E-state index in [1.807, 2.05) is 43.4 Å². The third-order valence-corrected chi connectivity index (χ3v) is 2.72. The summed E-state index contributed by atoms with van der Waals surface area (Å²) in [5.41, 5.74) is 0.974. The topological polar surface area (TPSA) is 23.8 Å². The summed E-state index contributed by atoms with van der Waals surface area (Å²) >= 11 is 1.89. The molecular formula is C10H11FIN. The first-order valence-corrected chi connectivity index (χ1v) is 5.09. The Kier molecular flexibility index (Phi) is 5.63. The van der Waals surface area contributed by atoms with Crippen LogP contribution in [0.1, 0.15) is 25.0 Å². The van der Waals surface area contributed by atoms with Crippen molar-refractivity contribution >= 4 is 22.6 Å². The van der Waals surface area contributed by atoms with Gasteiger partial charge in [-0.15, -0.1) is 0 Å². The van der Waals surface area contributed by atoms with Gasteiger partial charge in [0.15, 0.2) is 5.82 Å². The van der Waals surface area contributed by atoms with Crippen molar-refractivity contribution in [2.75, 3.05) is 0 Å². The molecule has 3 heteroatoms. The lowest BCUT2D eigenvalue weighted by Gasteiger charge is -1.99. The fraction of sp³-hybridized carbons (Fsp3) is 0.300. The predicted molar refractivity (Wildman–Crippen MR) is 59.9 cm³/mol. The standard InChI is InChI=1S/C8H5FIN.C2H6/c1-5-2-3-6(4-11)7(9)8(5)10;1-2/h2-3H,1H3;1-2H3. The van der Waals surface area contributed by atoms with E-state index < -0.39 is 5.82 Å². The molecule has 0 spiro atoms. The zero-order valence-corrected chi connectivity index (χ0v) is 10.0. The zero-order chi connectivity index (χ0) is 10.4. The Hall–Kier alpha value is -0.630. The van der Waals surface area contributed by atoms with Crippen LogP contribution in [0.2, 0.25) is 0 Å². The number of nitriles is 1. The van der Waals surface area contributed by atoms with E-state index >= 15 is 0 Å². The Morgan fingerprint density at radius 3 is 2.38 bits per heavy atom. The van der Waals surface area contributed by atoms with Crippen molar-refractivity contribution in [3.05, 3.63) is 32.6 Å². The molecule has 1 aromatic rings. The van der Waals surface area contributed by atoms with E-state index in [2.05, 4.69) is 0 Å². The number of hydrogen-bond donors (Lipinski definition) is 0. The highest BCUT2D eigenvalue weighted by atomic mass is 127. The van der Waals surface area contributed by atoms with Crippen molar-refractivity contribution in [3.8, 4) is 6.07 Å². The van der Waals surface area contributed by atoms with Crippen molar-refractivity contribution in [1.29, 1.82) is 5.26 Å². The maximum absolute atomic E-state index is 13.0. The van der Waals surface area contributed by atoms with Crippen LogP contribution in [0.3, 0.4) is 0 Å². The van der Waals surface area contributed by atoms with Gasteiger partial charge in [-0.1, -0.05) is 19.9 Å². The molecule has 0 unspecified atom stereocenters. The molecule has 1 rings (SSSR count). The monoisotopic (exact) mass is 291 g/mol. The minimum absolute atomic E-state index is 0.111. The molecule has 0 radical (unpaired) electrons.